The van der Waals surface area contributed by atoms with Crippen molar-refractivity contribution in [2.75, 3.05) is 4.90 Å². The topological polar surface area (TPSA) is 29.5 Å². The Morgan fingerprint density at radius 3 is 2.41 bits per heavy atom. The maximum Gasteiger partial charge on any atom is 0.415 e. The minimum atomic E-state index is -0.497. The molecule has 1 atom stereocenters. The number of halogens is 1. The van der Waals surface area contributed by atoms with Gasteiger partial charge in [0.25, 0.3) is 0 Å². The molecule has 1 aromatic carbocycles. The van der Waals surface area contributed by atoms with Gasteiger partial charge in [-0.25, -0.2) is 4.79 Å². The lowest BCUT2D eigenvalue weighted by Gasteiger charge is -2.44. The molecule has 0 aliphatic carbocycles. The average molecular weight is 368 g/mol. The normalized spacial score (nSPS) is 18.9. The summed E-state index contributed by atoms with van der Waals surface area (Å²) in [5.41, 5.74) is 1.66. The molecular weight excluding hydrogens is 342 g/mol. The zero-order valence-electron chi connectivity index (χ0n) is 14.4. The predicted molar refractivity (Wildman–Crippen MR) is 94.4 cm³/mol. The molecule has 1 aromatic rings. The molecule has 1 amide bonds. The highest BCUT2D eigenvalue weighted by molar-refractivity contribution is 9.10. The Kier molecular flexibility index (Phi) is 4.63. The molecule has 1 unspecified atom stereocenters. The predicted octanol–water partition coefficient (Wildman–Crippen LogP) is 5.55. The number of anilines is 1. The van der Waals surface area contributed by atoms with Crippen molar-refractivity contribution in [2.24, 2.45) is 5.41 Å². The molecule has 0 bridgehead atoms. The summed E-state index contributed by atoms with van der Waals surface area (Å²) in [7, 11) is 0. The highest BCUT2D eigenvalue weighted by Gasteiger charge is 2.40. The van der Waals surface area contributed by atoms with E-state index in [1.165, 1.54) is 5.56 Å². The van der Waals surface area contributed by atoms with Gasteiger partial charge in [0.2, 0.25) is 0 Å². The molecule has 0 N–H and O–H groups in total. The Balaban J connectivity index is 2.48. The molecule has 0 saturated heterocycles. The van der Waals surface area contributed by atoms with Gasteiger partial charge in [0.05, 0.1) is 5.69 Å². The van der Waals surface area contributed by atoms with Crippen LogP contribution in [0.3, 0.4) is 0 Å². The van der Waals surface area contributed by atoms with Crippen LogP contribution in [-0.4, -0.2) is 17.7 Å². The van der Waals surface area contributed by atoms with Crippen LogP contribution in [0.4, 0.5) is 10.5 Å². The van der Waals surface area contributed by atoms with Gasteiger partial charge in [-0.2, -0.15) is 0 Å². The summed E-state index contributed by atoms with van der Waals surface area (Å²) < 4.78 is 6.73. The van der Waals surface area contributed by atoms with E-state index >= 15 is 0 Å². The highest BCUT2D eigenvalue weighted by atomic mass is 79.9. The molecular formula is C18H26BrNO2. The monoisotopic (exact) mass is 367 g/mol. The van der Waals surface area contributed by atoms with E-state index in [9.17, 15) is 4.79 Å². The molecule has 0 spiro atoms. The number of amides is 1. The lowest BCUT2D eigenvalue weighted by atomic mass is 9.79. The second kappa shape index (κ2) is 5.88. The number of rotatable bonds is 0. The first kappa shape index (κ1) is 17.3. The van der Waals surface area contributed by atoms with Crippen molar-refractivity contribution in [1.82, 2.24) is 0 Å². The van der Waals surface area contributed by atoms with E-state index in [4.69, 9.17) is 4.74 Å². The third kappa shape index (κ3) is 3.65. The summed E-state index contributed by atoms with van der Waals surface area (Å²) in [6.45, 7) is 12.3. The summed E-state index contributed by atoms with van der Waals surface area (Å²) in [6, 6.07) is 6.15. The lowest BCUT2D eigenvalue weighted by molar-refractivity contribution is 0.0531. The smallest absolute Gasteiger partial charge is 0.415 e. The molecule has 3 nitrogen and oxygen atoms in total. The zero-order chi connectivity index (χ0) is 16.7. The summed E-state index contributed by atoms with van der Waals surface area (Å²) in [4.78, 5) is 14.7. The van der Waals surface area contributed by atoms with Gasteiger partial charge >= 0.3 is 6.09 Å². The van der Waals surface area contributed by atoms with Gasteiger partial charge in [-0.1, -0.05) is 42.8 Å². The van der Waals surface area contributed by atoms with Crippen molar-refractivity contribution >= 4 is 27.7 Å². The maximum absolute atomic E-state index is 12.8. The SMILES string of the molecule is CC(C)(C)OC(=O)N1c2cccc(Br)c2CCC1C(C)(C)C. The number of nitrogens with zero attached hydrogens (tertiary/aromatic N) is 1. The van der Waals surface area contributed by atoms with Gasteiger partial charge in [-0.05, 0) is 56.7 Å². The van der Waals surface area contributed by atoms with Gasteiger partial charge in [0, 0.05) is 10.5 Å². The van der Waals surface area contributed by atoms with E-state index < -0.39 is 5.60 Å². The second-order valence-corrected chi connectivity index (χ2v) is 8.86. The van der Waals surface area contributed by atoms with Crippen molar-refractivity contribution in [2.45, 2.75) is 66.0 Å². The van der Waals surface area contributed by atoms with E-state index in [-0.39, 0.29) is 17.6 Å². The van der Waals surface area contributed by atoms with Crippen molar-refractivity contribution in [3.8, 4) is 0 Å². The van der Waals surface area contributed by atoms with Crippen molar-refractivity contribution in [1.29, 1.82) is 0 Å². The van der Waals surface area contributed by atoms with Crippen molar-refractivity contribution in [3.63, 3.8) is 0 Å². The molecule has 1 heterocycles. The Bertz CT molecular complexity index is 569. The third-order valence-electron chi connectivity index (χ3n) is 3.92. The number of hydrogen-bond acceptors (Lipinski definition) is 2. The van der Waals surface area contributed by atoms with Crippen molar-refractivity contribution in [3.05, 3.63) is 28.2 Å². The molecule has 4 heteroatoms. The van der Waals surface area contributed by atoms with Crippen LogP contribution in [0.25, 0.3) is 0 Å². The molecule has 122 valence electrons. The van der Waals surface area contributed by atoms with Gasteiger partial charge in [0.1, 0.15) is 5.60 Å². The fraction of sp³-hybridized carbons (Fsp3) is 0.611. The second-order valence-electron chi connectivity index (χ2n) is 8.01. The molecule has 1 aliphatic rings. The Morgan fingerprint density at radius 2 is 1.86 bits per heavy atom. The van der Waals surface area contributed by atoms with Crippen molar-refractivity contribution < 1.29 is 9.53 Å². The number of carbonyl (C=O) groups is 1. The third-order valence-corrected chi connectivity index (χ3v) is 4.67. The number of carbonyl (C=O) groups excluding carboxylic acids is 1. The Labute approximate surface area is 142 Å². The van der Waals surface area contributed by atoms with Crippen LogP contribution in [0.1, 0.15) is 53.5 Å². The van der Waals surface area contributed by atoms with Gasteiger partial charge < -0.3 is 4.74 Å². The van der Waals surface area contributed by atoms with Crippen LogP contribution in [0.5, 0.6) is 0 Å². The van der Waals surface area contributed by atoms with E-state index in [1.807, 2.05) is 43.9 Å². The van der Waals surface area contributed by atoms with E-state index in [1.54, 1.807) is 0 Å². The first-order chi connectivity index (χ1) is 10.0. The molecule has 0 radical (unpaired) electrons. The maximum atomic E-state index is 12.8. The van der Waals surface area contributed by atoms with E-state index in [0.717, 1.165) is 23.0 Å². The molecule has 2 rings (SSSR count). The largest absolute Gasteiger partial charge is 0.443 e. The first-order valence-corrected chi connectivity index (χ1v) is 8.59. The average Bonchev–Trinajstić information content (AvgIpc) is 2.34. The van der Waals surface area contributed by atoms with Crippen LogP contribution < -0.4 is 4.90 Å². The number of ether oxygens (including phenoxy) is 1. The van der Waals surface area contributed by atoms with Gasteiger partial charge in [-0.15, -0.1) is 0 Å². The zero-order valence-corrected chi connectivity index (χ0v) is 16.0. The minimum absolute atomic E-state index is 0.00306. The van der Waals surface area contributed by atoms with Crippen LogP contribution in [0, 0.1) is 5.41 Å². The fourth-order valence-corrected chi connectivity index (χ4v) is 3.51. The fourth-order valence-electron chi connectivity index (χ4n) is 2.96. The summed E-state index contributed by atoms with van der Waals surface area (Å²) in [5.74, 6) is 0. The van der Waals surface area contributed by atoms with Gasteiger partial charge in [-0.3, -0.25) is 4.90 Å². The summed E-state index contributed by atoms with van der Waals surface area (Å²) in [5, 5.41) is 0. The number of hydrogen-bond donors (Lipinski definition) is 0. The molecule has 1 aliphatic heterocycles. The molecule has 0 saturated carbocycles. The molecule has 22 heavy (non-hydrogen) atoms. The van der Waals surface area contributed by atoms with E-state index in [0.29, 0.717) is 0 Å². The Hall–Kier alpha value is -1.03. The van der Waals surface area contributed by atoms with Crippen LogP contribution >= 0.6 is 15.9 Å². The summed E-state index contributed by atoms with van der Waals surface area (Å²) in [6.07, 6.45) is 1.66. The number of benzene rings is 1. The molecule has 0 aromatic heterocycles. The van der Waals surface area contributed by atoms with Gasteiger partial charge in [0.15, 0.2) is 0 Å². The van der Waals surface area contributed by atoms with Crippen LogP contribution in [0.2, 0.25) is 0 Å². The summed E-state index contributed by atoms with van der Waals surface area (Å²) >= 11 is 3.61. The Morgan fingerprint density at radius 1 is 1.23 bits per heavy atom. The first-order valence-electron chi connectivity index (χ1n) is 7.80. The highest BCUT2D eigenvalue weighted by Crippen LogP contribution is 2.41. The molecule has 0 fully saturated rings. The standard InChI is InChI=1S/C18H26BrNO2/c1-17(2,3)15-11-10-12-13(19)8-7-9-14(12)20(15)16(21)22-18(4,5)6/h7-9,15H,10-11H2,1-6H3. The van der Waals surface area contributed by atoms with Crippen LogP contribution in [-0.2, 0) is 11.2 Å². The van der Waals surface area contributed by atoms with E-state index in [2.05, 4.69) is 36.7 Å². The van der Waals surface area contributed by atoms with Crippen LogP contribution in [0.15, 0.2) is 22.7 Å². The quantitative estimate of drug-likeness (QED) is 0.601. The lowest BCUT2D eigenvalue weighted by Crippen LogP contribution is -2.51. The minimum Gasteiger partial charge on any atom is -0.443 e. The number of fused-ring (bicyclic) bond motifs is 1.